The maximum absolute atomic E-state index is 13.8. The van der Waals surface area contributed by atoms with Crippen LogP contribution in [-0.2, 0) is 21.4 Å². The van der Waals surface area contributed by atoms with Crippen LogP contribution in [0.1, 0.15) is 12.0 Å². The van der Waals surface area contributed by atoms with E-state index in [0.717, 1.165) is 11.6 Å². The van der Waals surface area contributed by atoms with E-state index < -0.39 is 20.7 Å². The second kappa shape index (κ2) is 8.42. The first-order chi connectivity index (χ1) is 11.8. The second-order valence-corrected chi connectivity index (χ2v) is 7.58. The van der Waals surface area contributed by atoms with Gasteiger partial charge in [0.05, 0.1) is 5.02 Å². The monoisotopic (exact) mass is 384 g/mol. The van der Waals surface area contributed by atoms with Crippen molar-refractivity contribution in [1.29, 1.82) is 0 Å². The predicted octanol–water partition coefficient (Wildman–Crippen LogP) is 2.81. The minimum Gasteiger partial charge on any atom is -0.341 e. The normalized spacial score (nSPS) is 11.3. The number of nitrogens with one attached hydrogen (secondary N) is 1. The van der Waals surface area contributed by atoms with Crippen molar-refractivity contribution in [1.82, 2.24) is 9.62 Å². The standard InChI is InChI=1S/C17H18ClFN2O3S/c1-21(12-13-6-3-2-4-7-13)16(22)10-11-20-25(23,24)15-9-5-8-14(18)17(15)19/h2-9,20H,10-12H2,1H3. The van der Waals surface area contributed by atoms with Crippen LogP contribution < -0.4 is 4.72 Å². The Labute approximate surface area is 151 Å². The molecule has 0 unspecified atom stereocenters. The van der Waals surface area contributed by atoms with Crippen molar-refractivity contribution in [3.05, 3.63) is 64.9 Å². The van der Waals surface area contributed by atoms with E-state index >= 15 is 0 Å². The van der Waals surface area contributed by atoms with Gasteiger partial charge in [0.15, 0.2) is 5.82 Å². The highest BCUT2D eigenvalue weighted by molar-refractivity contribution is 7.89. The number of carbonyl (C=O) groups excluding carboxylic acids is 1. The molecule has 0 atom stereocenters. The van der Waals surface area contributed by atoms with Gasteiger partial charge < -0.3 is 4.90 Å². The third-order valence-corrected chi connectivity index (χ3v) is 5.30. The van der Waals surface area contributed by atoms with Gasteiger partial charge in [-0.1, -0.05) is 48.0 Å². The fourth-order valence-electron chi connectivity index (χ4n) is 2.20. The van der Waals surface area contributed by atoms with Gasteiger partial charge in [-0.15, -0.1) is 0 Å². The predicted molar refractivity (Wildman–Crippen MR) is 94.1 cm³/mol. The molecule has 0 bridgehead atoms. The zero-order valence-electron chi connectivity index (χ0n) is 13.6. The van der Waals surface area contributed by atoms with Gasteiger partial charge in [0, 0.05) is 26.6 Å². The molecule has 0 radical (unpaired) electrons. The molecule has 0 aromatic heterocycles. The zero-order valence-corrected chi connectivity index (χ0v) is 15.1. The first-order valence-electron chi connectivity index (χ1n) is 7.53. The Morgan fingerprint density at radius 2 is 1.84 bits per heavy atom. The summed E-state index contributed by atoms with van der Waals surface area (Å²) < 4.78 is 40.3. The Hall–Kier alpha value is -1.96. The largest absolute Gasteiger partial charge is 0.341 e. The molecule has 25 heavy (non-hydrogen) atoms. The lowest BCUT2D eigenvalue weighted by Gasteiger charge is -2.17. The summed E-state index contributed by atoms with van der Waals surface area (Å²) in [7, 11) is -2.43. The van der Waals surface area contributed by atoms with E-state index in [1.807, 2.05) is 30.3 Å². The van der Waals surface area contributed by atoms with E-state index in [4.69, 9.17) is 11.6 Å². The van der Waals surface area contributed by atoms with Gasteiger partial charge in [-0.25, -0.2) is 17.5 Å². The SMILES string of the molecule is CN(Cc1ccccc1)C(=O)CCNS(=O)(=O)c1cccc(Cl)c1F. The minimum absolute atomic E-state index is 0.0370. The van der Waals surface area contributed by atoms with E-state index in [1.165, 1.54) is 17.0 Å². The minimum atomic E-state index is -4.07. The van der Waals surface area contributed by atoms with Crippen molar-refractivity contribution >= 4 is 27.5 Å². The molecule has 0 fully saturated rings. The van der Waals surface area contributed by atoms with Crippen molar-refractivity contribution in [2.24, 2.45) is 0 Å². The van der Waals surface area contributed by atoms with E-state index in [9.17, 15) is 17.6 Å². The van der Waals surface area contributed by atoms with Crippen LogP contribution in [0.3, 0.4) is 0 Å². The van der Waals surface area contributed by atoms with Crippen LogP contribution in [0.5, 0.6) is 0 Å². The van der Waals surface area contributed by atoms with Crippen LogP contribution in [-0.4, -0.2) is 32.8 Å². The molecule has 0 aliphatic carbocycles. The number of benzene rings is 2. The van der Waals surface area contributed by atoms with Gasteiger partial charge in [-0.3, -0.25) is 4.79 Å². The molecule has 2 rings (SSSR count). The topological polar surface area (TPSA) is 66.5 Å². The molecule has 1 N–H and O–H groups in total. The number of halogens is 2. The number of sulfonamides is 1. The van der Waals surface area contributed by atoms with E-state index in [2.05, 4.69) is 4.72 Å². The van der Waals surface area contributed by atoms with Crippen molar-refractivity contribution < 1.29 is 17.6 Å². The molecule has 0 spiro atoms. The quantitative estimate of drug-likeness (QED) is 0.798. The Morgan fingerprint density at radius 1 is 1.16 bits per heavy atom. The van der Waals surface area contributed by atoms with Gasteiger partial charge >= 0.3 is 0 Å². The Bertz CT molecular complexity index is 844. The van der Waals surface area contributed by atoms with Crippen LogP contribution >= 0.6 is 11.6 Å². The van der Waals surface area contributed by atoms with Crippen LogP contribution in [0.25, 0.3) is 0 Å². The molecule has 0 aliphatic rings. The molecule has 2 aromatic carbocycles. The van der Waals surface area contributed by atoms with Crippen molar-refractivity contribution in [3.63, 3.8) is 0 Å². The number of hydrogen-bond acceptors (Lipinski definition) is 3. The van der Waals surface area contributed by atoms with Crippen LogP contribution in [0.2, 0.25) is 5.02 Å². The average Bonchev–Trinajstić information content (AvgIpc) is 2.57. The fraction of sp³-hybridized carbons (Fsp3) is 0.235. The third kappa shape index (κ3) is 5.26. The Morgan fingerprint density at radius 3 is 2.52 bits per heavy atom. The van der Waals surface area contributed by atoms with Crippen molar-refractivity contribution in [2.75, 3.05) is 13.6 Å². The van der Waals surface area contributed by atoms with Gasteiger partial charge in [0.2, 0.25) is 15.9 Å². The number of carbonyl (C=O) groups is 1. The first-order valence-corrected chi connectivity index (χ1v) is 9.39. The van der Waals surface area contributed by atoms with Crippen molar-refractivity contribution in [2.45, 2.75) is 17.9 Å². The summed E-state index contributed by atoms with van der Waals surface area (Å²) in [5.41, 5.74) is 0.972. The Kier molecular flexibility index (Phi) is 6.52. The molecule has 0 aliphatic heterocycles. The van der Waals surface area contributed by atoms with Crippen LogP contribution in [0.4, 0.5) is 4.39 Å². The summed E-state index contributed by atoms with van der Waals surface area (Å²) in [5, 5.41) is -0.276. The summed E-state index contributed by atoms with van der Waals surface area (Å²) in [6.07, 6.45) is -0.0370. The first kappa shape index (κ1) is 19.4. The van der Waals surface area contributed by atoms with Gasteiger partial charge in [0.25, 0.3) is 0 Å². The lowest BCUT2D eigenvalue weighted by atomic mass is 10.2. The molecule has 134 valence electrons. The molecule has 1 amide bonds. The molecular weight excluding hydrogens is 367 g/mol. The van der Waals surface area contributed by atoms with E-state index in [-0.39, 0.29) is 23.9 Å². The highest BCUT2D eigenvalue weighted by atomic mass is 35.5. The van der Waals surface area contributed by atoms with Crippen LogP contribution in [0.15, 0.2) is 53.4 Å². The third-order valence-electron chi connectivity index (χ3n) is 3.52. The van der Waals surface area contributed by atoms with Gasteiger partial charge in [-0.05, 0) is 17.7 Å². The average molecular weight is 385 g/mol. The highest BCUT2D eigenvalue weighted by Gasteiger charge is 2.21. The maximum Gasteiger partial charge on any atom is 0.243 e. The lowest BCUT2D eigenvalue weighted by molar-refractivity contribution is -0.130. The fourth-order valence-corrected chi connectivity index (χ4v) is 3.56. The highest BCUT2D eigenvalue weighted by Crippen LogP contribution is 2.21. The molecular formula is C17H18ClFN2O3S. The molecule has 2 aromatic rings. The molecule has 8 heteroatoms. The summed E-state index contributed by atoms with van der Waals surface area (Å²) in [5.74, 6) is -1.23. The molecule has 5 nitrogen and oxygen atoms in total. The number of hydrogen-bond donors (Lipinski definition) is 1. The summed E-state index contributed by atoms with van der Waals surface area (Å²) in [6, 6.07) is 13.2. The maximum atomic E-state index is 13.8. The van der Waals surface area contributed by atoms with Crippen LogP contribution in [0, 0.1) is 5.82 Å². The number of amides is 1. The van der Waals surface area contributed by atoms with Gasteiger partial charge in [0.1, 0.15) is 4.90 Å². The molecule has 0 saturated carbocycles. The molecule has 0 saturated heterocycles. The smallest absolute Gasteiger partial charge is 0.243 e. The number of rotatable bonds is 7. The summed E-state index contributed by atoms with van der Waals surface area (Å²) in [6.45, 7) is 0.293. The lowest BCUT2D eigenvalue weighted by Crippen LogP contribution is -2.32. The van der Waals surface area contributed by atoms with E-state index in [1.54, 1.807) is 7.05 Å². The summed E-state index contributed by atoms with van der Waals surface area (Å²) in [4.78, 5) is 13.1. The Balaban J connectivity index is 1.91. The van der Waals surface area contributed by atoms with Crippen molar-refractivity contribution in [3.8, 4) is 0 Å². The second-order valence-electron chi connectivity index (χ2n) is 5.44. The number of nitrogens with zero attached hydrogens (tertiary/aromatic N) is 1. The summed E-state index contributed by atoms with van der Waals surface area (Å²) >= 11 is 5.59. The van der Waals surface area contributed by atoms with E-state index in [0.29, 0.717) is 6.54 Å². The zero-order chi connectivity index (χ0) is 18.4. The molecule has 0 heterocycles. The van der Waals surface area contributed by atoms with Gasteiger partial charge in [-0.2, -0.15) is 0 Å².